The fourth-order valence-electron chi connectivity index (χ4n) is 4.17. The van der Waals surface area contributed by atoms with Gasteiger partial charge in [0.1, 0.15) is 0 Å². The van der Waals surface area contributed by atoms with Crippen molar-refractivity contribution in [2.75, 3.05) is 0 Å². The van der Waals surface area contributed by atoms with Gasteiger partial charge in [-0.05, 0) is 42.7 Å². The molecule has 1 aromatic carbocycles. The van der Waals surface area contributed by atoms with Gasteiger partial charge in [-0.1, -0.05) is 50.9 Å². The van der Waals surface area contributed by atoms with Gasteiger partial charge in [0, 0.05) is 5.71 Å². The summed E-state index contributed by atoms with van der Waals surface area (Å²) in [6.07, 6.45) is -3.12. The van der Waals surface area contributed by atoms with Gasteiger partial charge in [-0.25, -0.2) is 0 Å². The van der Waals surface area contributed by atoms with Crippen LogP contribution in [0.1, 0.15) is 56.8 Å². The topological polar surface area (TPSA) is 52.9 Å². The van der Waals surface area contributed by atoms with Crippen LogP contribution in [0.5, 0.6) is 0 Å². The zero-order valence-corrected chi connectivity index (χ0v) is 16.8. The van der Waals surface area contributed by atoms with E-state index in [-0.39, 0.29) is 39.1 Å². The van der Waals surface area contributed by atoms with E-state index < -0.39 is 23.7 Å². The van der Waals surface area contributed by atoms with Crippen LogP contribution in [-0.4, -0.2) is 33.6 Å². The van der Waals surface area contributed by atoms with Crippen molar-refractivity contribution in [2.45, 2.75) is 58.4 Å². The van der Waals surface area contributed by atoms with E-state index in [2.05, 4.69) is 5.10 Å². The zero-order chi connectivity index (χ0) is 20.9. The summed E-state index contributed by atoms with van der Waals surface area (Å²) >= 11 is 6.00. The van der Waals surface area contributed by atoms with E-state index in [0.29, 0.717) is 12.8 Å². The highest BCUT2D eigenvalue weighted by molar-refractivity contribution is 6.33. The monoisotopic (exact) mass is 416 g/mol. The lowest BCUT2D eigenvalue weighted by Gasteiger charge is -2.43. The van der Waals surface area contributed by atoms with E-state index >= 15 is 0 Å². The number of carbonyl (C=O) groups excluding carboxylic acids is 1. The fraction of sp³-hybridized carbons (Fsp3) is 0.600. The van der Waals surface area contributed by atoms with Gasteiger partial charge in [0.15, 0.2) is 0 Å². The normalized spacial score (nSPS) is 28.1. The lowest BCUT2D eigenvalue weighted by Crippen LogP contribution is -2.62. The molecule has 1 fully saturated rings. The number of halogens is 4. The summed E-state index contributed by atoms with van der Waals surface area (Å²) in [7, 11) is 0. The Bertz CT molecular complexity index is 809. The molecule has 0 bridgehead atoms. The molecule has 0 saturated heterocycles. The number of fused-ring (bicyclic) bond motifs is 1. The van der Waals surface area contributed by atoms with E-state index in [1.165, 1.54) is 18.2 Å². The highest BCUT2D eigenvalue weighted by Gasteiger charge is 2.69. The molecule has 154 valence electrons. The molecule has 28 heavy (non-hydrogen) atoms. The molecular formula is C20H24ClF3N2O2. The van der Waals surface area contributed by atoms with E-state index in [1.807, 2.05) is 20.8 Å². The van der Waals surface area contributed by atoms with Crippen LogP contribution in [0.4, 0.5) is 13.2 Å². The van der Waals surface area contributed by atoms with Crippen LogP contribution in [0, 0.1) is 17.3 Å². The van der Waals surface area contributed by atoms with Gasteiger partial charge >= 0.3 is 6.18 Å². The molecule has 0 unspecified atom stereocenters. The first-order chi connectivity index (χ1) is 12.9. The quantitative estimate of drug-likeness (QED) is 0.731. The molecule has 1 aliphatic carbocycles. The van der Waals surface area contributed by atoms with Crippen molar-refractivity contribution in [3.63, 3.8) is 0 Å². The Hall–Kier alpha value is -1.60. The van der Waals surface area contributed by atoms with Gasteiger partial charge < -0.3 is 5.11 Å². The molecular weight excluding hydrogens is 393 g/mol. The molecule has 0 radical (unpaired) electrons. The third-order valence-corrected chi connectivity index (χ3v) is 6.77. The number of hydrogen-bond donors (Lipinski definition) is 1. The van der Waals surface area contributed by atoms with Crippen molar-refractivity contribution in [3.05, 3.63) is 34.9 Å². The lowest BCUT2D eigenvalue weighted by molar-refractivity contribution is -0.314. The highest BCUT2D eigenvalue weighted by Crippen LogP contribution is 2.52. The molecule has 3 rings (SSSR count). The number of benzene rings is 1. The molecule has 0 spiro atoms. The van der Waals surface area contributed by atoms with Gasteiger partial charge in [0.25, 0.3) is 11.6 Å². The predicted octanol–water partition coefficient (Wildman–Crippen LogP) is 5.26. The first-order valence-electron chi connectivity index (χ1n) is 9.39. The number of nitrogens with zero attached hydrogens (tertiary/aromatic N) is 2. The van der Waals surface area contributed by atoms with E-state index in [1.54, 1.807) is 6.07 Å². The summed E-state index contributed by atoms with van der Waals surface area (Å²) in [6, 6.07) is 5.81. The van der Waals surface area contributed by atoms with Crippen LogP contribution >= 0.6 is 11.6 Å². The lowest BCUT2D eigenvalue weighted by atomic mass is 9.64. The SMILES string of the molecule is CCC(C)(C)[C@@H]1CCC2=NN(C(=O)c3ccccc3Cl)[C@](O)(C(F)(F)F)[C@H]2C1. The standard InChI is InChI=1S/C20H24ClF3N2O2/c1-4-18(2,3)12-9-10-16-14(11-12)19(28,20(22,23)24)26(25-16)17(27)13-7-5-6-8-15(13)21/h5-8,12,14,28H,4,9-11H2,1-3H3/t12-,14+,19-/m1/s1. The molecule has 1 aliphatic heterocycles. The van der Waals surface area contributed by atoms with E-state index in [9.17, 15) is 23.1 Å². The molecule has 3 atom stereocenters. The van der Waals surface area contributed by atoms with E-state index in [4.69, 9.17) is 11.6 Å². The maximum Gasteiger partial charge on any atom is 0.439 e. The third-order valence-electron chi connectivity index (χ3n) is 6.44. The second kappa shape index (κ2) is 7.02. The van der Waals surface area contributed by atoms with Gasteiger partial charge in [0.2, 0.25) is 0 Å². The summed E-state index contributed by atoms with van der Waals surface area (Å²) in [5.74, 6) is -2.34. The number of carbonyl (C=O) groups is 1. The summed E-state index contributed by atoms with van der Waals surface area (Å²) in [5, 5.41) is 15.1. The number of alkyl halides is 3. The fourth-order valence-corrected chi connectivity index (χ4v) is 4.39. The molecule has 1 heterocycles. The summed E-state index contributed by atoms with van der Waals surface area (Å²) in [5.41, 5.74) is -3.44. The summed E-state index contributed by atoms with van der Waals surface area (Å²) in [4.78, 5) is 12.9. The summed E-state index contributed by atoms with van der Waals surface area (Å²) in [6.45, 7) is 6.05. The predicted molar refractivity (Wildman–Crippen MR) is 101 cm³/mol. The molecule has 1 amide bonds. The first-order valence-corrected chi connectivity index (χ1v) is 9.76. The minimum absolute atomic E-state index is 0.00862. The van der Waals surface area contributed by atoms with Crippen molar-refractivity contribution in [1.29, 1.82) is 0 Å². The van der Waals surface area contributed by atoms with Gasteiger partial charge in [0.05, 0.1) is 16.5 Å². The van der Waals surface area contributed by atoms with Crippen LogP contribution in [0.2, 0.25) is 5.02 Å². The van der Waals surface area contributed by atoms with Gasteiger partial charge in [-0.2, -0.15) is 23.3 Å². The van der Waals surface area contributed by atoms with Crippen molar-refractivity contribution in [2.24, 2.45) is 22.4 Å². The Morgan fingerprint density at radius 2 is 2.00 bits per heavy atom. The molecule has 0 aromatic heterocycles. The van der Waals surface area contributed by atoms with Gasteiger partial charge in [-0.15, -0.1) is 0 Å². The number of amides is 1. The number of aliphatic hydroxyl groups is 1. The minimum Gasteiger partial charge on any atom is -0.362 e. The van der Waals surface area contributed by atoms with Crippen molar-refractivity contribution >= 4 is 23.2 Å². The smallest absolute Gasteiger partial charge is 0.362 e. The maximum absolute atomic E-state index is 14.1. The average molecular weight is 417 g/mol. The Labute approximate surface area is 167 Å². The number of rotatable bonds is 3. The number of hydrogen-bond acceptors (Lipinski definition) is 3. The number of hydrazone groups is 1. The third kappa shape index (κ3) is 3.22. The molecule has 1 aromatic rings. The van der Waals surface area contributed by atoms with Crippen molar-refractivity contribution in [1.82, 2.24) is 5.01 Å². The second-order valence-electron chi connectivity index (χ2n) is 8.28. The first kappa shape index (κ1) is 21.1. The van der Waals surface area contributed by atoms with E-state index in [0.717, 1.165) is 6.42 Å². The Morgan fingerprint density at radius 3 is 2.57 bits per heavy atom. The Kier molecular flexibility index (Phi) is 5.30. The largest absolute Gasteiger partial charge is 0.439 e. The van der Waals surface area contributed by atoms with Crippen LogP contribution in [0.3, 0.4) is 0 Å². The van der Waals surface area contributed by atoms with Gasteiger partial charge in [-0.3, -0.25) is 4.79 Å². The van der Waals surface area contributed by atoms with Crippen LogP contribution in [-0.2, 0) is 0 Å². The molecule has 4 nitrogen and oxygen atoms in total. The zero-order valence-electron chi connectivity index (χ0n) is 16.1. The Morgan fingerprint density at radius 1 is 1.36 bits per heavy atom. The minimum atomic E-state index is -5.06. The molecule has 1 saturated carbocycles. The van der Waals surface area contributed by atoms with Crippen LogP contribution in [0.15, 0.2) is 29.4 Å². The molecule has 1 N–H and O–H groups in total. The highest BCUT2D eigenvalue weighted by atomic mass is 35.5. The summed E-state index contributed by atoms with van der Waals surface area (Å²) < 4.78 is 42.3. The van der Waals surface area contributed by atoms with Crippen molar-refractivity contribution < 1.29 is 23.1 Å². The Balaban J connectivity index is 2.03. The van der Waals surface area contributed by atoms with Crippen LogP contribution in [0.25, 0.3) is 0 Å². The average Bonchev–Trinajstić information content (AvgIpc) is 2.95. The maximum atomic E-state index is 14.1. The van der Waals surface area contributed by atoms with Crippen LogP contribution < -0.4 is 0 Å². The molecule has 2 aliphatic rings. The van der Waals surface area contributed by atoms with Crippen molar-refractivity contribution in [3.8, 4) is 0 Å². The second-order valence-corrected chi connectivity index (χ2v) is 8.69. The molecule has 8 heteroatoms.